The maximum Gasteiger partial charge on any atom is 0.490 e. The molecule has 0 saturated heterocycles. The maximum atomic E-state index is 12.0. The van der Waals surface area contributed by atoms with Crippen molar-refractivity contribution in [2.45, 2.75) is 25.6 Å². The van der Waals surface area contributed by atoms with Crippen molar-refractivity contribution in [2.75, 3.05) is 13.2 Å². The van der Waals surface area contributed by atoms with Crippen LogP contribution >= 0.6 is 0 Å². The van der Waals surface area contributed by atoms with Gasteiger partial charge in [-0.2, -0.15) is 13.2 Å². The summed E-state index contributed by atoms with van der Waals surface area (Å²) in [5.41, 5.74) is 7.25. The number of ether oxygens (including phenoxy) is 2. The van der Waals surface area contributed by atoms with E-state index < -0.39 is 24.2 Å². The number of nitrogens with two attached hydrogens (primary N) is 1. The van der Waals surface area contributed by atoms with Crippen LogP contribution in [0.1, 0.15) is 22.8 Å². The predicted octanol–water partition coefficient (Wildman–Crippen LogP) is 3.02. The first-order valence-electron chi connectivity index (χ1n) is 9.46. The molecule has 10 heteroatoms. The molecule has 2 aromatic rings. The topological polar surface area (TPSA) is 116 Å². The third kappa shape index (κ3) is 10.8. The van der Waals surface area contributed by atoms with Crippen LogP contribution in [0, 0.1) is 11.8 Å². The van der Waals surface area contributed by atoms with Crippen molar-refractivity contribution in [1.29, 1.82) is 0 Å². The van der Waals surface area contributed by atoms with E-state index in [1.54, 1.807) is 43.3 Å². The molecule has 2 aromatic carbocycles. The van der Waals surface area contributed by atoms with Gasteiger partial charge in [-0.15, -0.1) is 5.92 Å². The van der Waals surface area contributed by atoms with Crippen LogP contribution in [-0.4, -0.2) is 48.3 Å². The number of carbonyl (C=O) groups is 3. The van der Waals surface area contributed by atoms with Crippen molar-refractivity contribution in [2.24, 2.45) is 5.73 Å². The zero-order valence-electron chi connectivity index (χ0n) is 17.6. The number of Topliss-reactive ketones (excluding diaryl/α,β-unsaturated/α-hetero) is 1. The second kappa shape index (κ2) is 13.5. The molecule has 7 nitrogen and oxygen atoms in total. The van der Waals surface area contributed by atoms with E-state index >= 15 is 0 Å². The van der Waals surface area contributed by atoms with Gasteiger partial charge >= 0.3 is 18.1 Å². The van der Waals surface area contributed by atoms with Crippen LogP contribution in [0.5, 0.6) is 5.75 Å². The Labute approximate surface area is 188 Å². The van der Waals surface area contributed by atoms with Crippen LogP contribution in [-0.2, 0) is 20.7 Å². The van der Waals surface area contributed by atoms with E-state index in [0.29, 0.717) is 24.3 Å². The summed E-state index contributed by atoms with van der Waals surface area (Å²) in [6.07, 6.45) is -4.77. The number of aliphatic carboxylic acids is 1. The fourth-order valence-corrected chi connectivity index (χ4v) is 2.20. The van der Waals surface area contributed by atoms with Crippen LogP contribution in [0.4, 0.5) is 13.2 Å². The third-order valence-corrected chi connectivity index (χ3v) is 3.85. The van der Waals surface area contributed by atoms with Gasteiger partial charge < -0.3 is 20.3 Å². The number of carboxylic acids is 1. The number of hydrogen-bond acceptors (Lipinski definition) is 6. The Kier molecular flexibility index (Phi) is 11.2. The normalized spacial score (nSPS) is 11.1. The molecule has 0 heterocycles. The molecule has 0 fully saturated rings. The number of ketones is 1. The molecule has 0 aliphatic heterocycles. The molecule has 2 rings (SSSR count). The highest BCUT2D eigenvalue weighted by atomic mass is 19.4. The summed E-state index contributed by atoms with van der Waals surface area (Å²) in [4.78, 5) is 32.8. The van der Waals surface area contributed by atoms with Crippen molar-refractivity contribution >= 4 is 17.7 Å². The van der Waals surface area contributed by atoms with Gasteiger partial charge in [-0.1, -0.05) is 48.4 Å². The van der Waals surface area contributed by atoms with E-state index in [1.165, 1.54) is 0 Å². The lowest BCUT2D eigenvalue weighted by Crippen LogP contribution is -2.35. The quantitative estimate of drug-likeness (QED) is 0.350. The molecule has 0 aliphatic carbocycles. The Balaban J connectivity index is 0.000000675. The summed E-state index contributed by atoms with van der Waals surface area (Å²) in [5.74, 6) is 2.64. The SMILES string of the molecule is CC#CCOc1ccc(C[C@H](N)C(=O)OCC(=O)c2ccccc2)cc1.O=C(O)C(F)(F)F. The van der Waals surface area contributed by atoms with Crippen molar-refractivity contribution in [3.05, 3.63) is 65.7 Å². The zero-order chi connectivity index (χ0) is 24.9. The fraction of sp³-hybridized carbons (Fsp3) is 0.261. The third-order valence-electron chi connectivity index (χ3n) is 3.85. The van der Waals surface area contributed by atoms with Crippen molar-refractivity contribution in [3.8, 4) is 17.6 Å². The van der Waals surface area contributed by atoms with Gasteiger partial charge in [0.2, 0.25) is 0 Å². The van der Waals surface area contributed by atoms with E-state index in [2.05, 4.69) is 11.8 Å². The molecule has 0 amide bonds. The molecule has 0 aliphatic rings. The minimum atomic E-state index is -5.08. The first-order chi connectivity index (χ1) is 15.5. The second-order valence-electron chi connectivity index (χ2n) is 6.37. The highest BCUT2D eigenvalue weighted by Gasteiger charge is 2.38. The van der Waals surface area contributed by atoms with Crippen LogP contribution in [0.25, 0.3) is 0 Å². The maximum absolute atomic E-state index is 12.0. The number of carbonyl (C=O) groups excluding carboxylic acids is 2. The number of hydrogen-bond donors (Lipinski definition) is 2. The van der Waals surface area contributed by atoms with Gasteiger partial charge in [-0.3, -0.25) is 9.59 Å². The lowest BCUT2D eigenvalue weighted by atomic mass is 10.1. The Morgan fingerprint density at radius 1 is 1.06 bits per heavy atom. The van der Waals surface area contributed by atoms with E-state index in [4.69, 9.17) is 25.1 Å². The molecule has 0 spiro atoms. The van der Waals surface area contributed by atoms with Gasteiger partial charge in [0.05, 0.1) is 0 Å². The van der Waals surface area contributed by atoms with Crippen LogP contribution in [0.2, 0.25) is 0 Å². The van der Waals surface area contributed by atoms with E-state index in [9.17, 15) is 22.8 Å². The molecule has 0 unspecified atom stereocenters. The van der Waals surface area contributed by atoms with Crippen LogP contribution < -0.4 is 10.5 Å². The van der Waals surface area contributed by atoms with Gasteiger partial charge in [0.15, 0.2) is 12.4 Å². The predicted molar refractivity (Wildman–Crippen MR) is 112 cm³/mol. The Morgan fingerprint density at radius 2 is 1.64 bits per heavy atom. The van der Waals surface area contributed by atoms with E-state index in [0.717, 1.165) is 5.56 Å². The standard InChI is InChI=1S/C21H21NO4.C2HF3O2/c1-2-3-13-25-18-11-9-16(10-12-18)14-19(22)21(24)26-15-20(23)17-7-5-4-6-8-17;3-2(4,5)1(6)7/h4-12,19H,13-15,22H2,1H3;(H,6,7)/t19-;/m0./s1. The van der Waals surface area contributed by atoms with Gasteiger partial charge in [0, 0.05) is 5.56 Å². The molecule has 0 saturated carbocycles. The lowest BCUT2D eigenvalue weighted by Gasteiger charge is -2.12. The highest BCUT2D eigenvalue weighted by Crippen LogP contribution is 2.14. The first-order valence-corrected chi connectivity index (χ1v) is 9.46. The van der Waals surface area contributed by atoms with Gasteiger partial charge in [0.25, 0.3) is 0 Å². The van der Waals surface area contributed by atoms with Crippen molar-refractivity contribution in [1.82, 2.24) is 0 Å². The molecule has 0 radical (unpaired) electrons. The molecule has 1 atom stereocenters. The number of halogens is 3. The van der Waals surface area contributed by atoms with Crippen LogP contribution in [0.3, 0.4) is 0 Å². The van der Waals surface area contributed by atoms with Crippen molar-refractivity contribution < 1.29 is 42.1 Å². The zero-order valence-corrected chi connectivity index (χ0v) is 17.6. The molecule has 0 bridgehead atoms. The smallest absolute Gasteiger partial charge is 0.481 e. The van der Waals surface area contributed by atoms with Gasteiger partial charge in [-0.05, 0) is 31.0 Å². The summed E-state index contributed by atoms with van der Waals surface area (Å²) >= 11 is 0. The largest absolute Gasteiger partial charge is 0.490 e. The number of rotatable bonds is 8. The summed E-state index contributed by atoms with van der Waals surface area (Å²) < 4.78 is 42.2. The fourth-order valence-electron chi connectivity index (χ4n) is 2.20. The number of benzene rings is 2. The number of esters is 1. The van der Waals surface area contributed by atoms with Crippen molar-refractivity contribution in [3.63, 3.8) is 0 Å². The second-order valence-corrected chi connectivity index (χ2v) is 6.37. The van der Waals surface area contributed by atoms with E-state index in [-0.39, 0.29) is 12.4 Å². The summed E-state index contributed by atoms with van der Waals surface area (Å²) in [6, 6.07) is 15.1. The minimum absolute atomic E-state index is 0.261. The average Bonchev–Trinajstić information content (AvgIpc) is 2.79. The Hall–Kier alpha value is -3.84. The van der Waals surface area contributed by atoms with Crippen LogP contribution in [0.15, 0.2) is 54.6 Å². The summed E-state index contributed by atoms with van der Waals surface area (Å²) in [7, 11) is 0. The molecular formula is C23H22F3NO6. The molecule has 176 valence electrons. The number of carboxylic acid groups (broad SMARTS) is 1. The lowest BCUT2D eigenvalue weighted by molar-refractivity contribution is -0.192. The number of alkyl halides is 3. The van der Waals surface area contributed by atoms with Gasteiger partial charge in [-0.25, -0.2) is 4.79 Å². The molecule has 0 aromatic heterocycles. The average molecular weight is 465 g/mol. The minimum Gasteiger partial charge on any atom is -0.481 e. The summed E-state index contributed by atoms with van der Waals surface area (Å²) in [5, 5.41) is 7.12. The molecular weight excluding hydrogens is 443 g/mol. The van der Waals surface area contributed by atoms with E-state index in [1.807, 2.05) is 18.2 Å². The molecule has 3 N–H and O–H groups in total. The Bertz CT molecular complexity index is 979. The summed E-state index contributed by atoms with van der Waals surface area (Å²) in [6.45, 7) is 1.76. The van der Waals surface area contributed by atoms with Gasteiger partial charge in [0.1, 0.15) is 18.4 Å². The Morgan fingerprint density at radius 3 is 2.15 bits per heavy atom. The monoisotopic (exact) mass is 465 g/mol. The molecule has 33 heavy (non-hydrogen) atoms. The first kappa shape index (κ1) is 27.2. The highest BCUT2D eigenvalue weighted by molar-refractivity contribution is 5.98.